The first kappa shape index (κ1) is 25.4. The van der Waals surface area contributed by atoms with Crippen LogP contribution in [0.25, 0.3) is 0 Å². The van der Waals surface area contributed by atoms with E-state index in [1.807, 2.05) is 10.9 Å². The number of benzene rings is 1. The Balaban J connectivity index is 1.96. The van der Waals surface area contributed by atoms with E-state index in [2.05, 4.69) is 5.10 Å². The van der Waals surface area contributed by atoms with E-state index in [1.54, 1.807) is 32.0 Å². The number of hydrogen-bond donors (Lipinski definition) is 3. The molecule has 1 saturated heterocycles. The van der Waals surface area contributed by atoms with Gasteiger partial charge < -0.3 is 24.2 Å². The summed E-state index contributed by atoms with van der Waals surface area (Å²) < 4.78 is 52.6. The summed E-state index contributed by atoms with van der Waals surface area (Å²) in [4.78, 5) is 37.9. The lowest BCUT2D eigenvalue weighted by Gasteiger charge is -2.25. The van der Waals surface area contributed by atoms with Crippen LogP contribution in [-0.4, -0.2) is 67.6 Å². The first-order chi connectivity index (χ1) is 18.1. The number of esters is 1. The maximum atomic E-state index is 13.9. The fraction of sp³-hybridized carbons (Fsp3) is 0.478. The highest BCUT2D eigenvalue weighted by Crippen LogP contribution is 2.51. The molecule has 3 N–H and O–H groups in total. The van der Waals surface area contributed by atoms with Gasteiger partial charge >= 0.3 is 19.3 Å². The van der Waals surface area contributed by atoms with Crippen molar-refractivity contribution in [1.29, 1.82) is 0 Å². The predicted molar refractivity (Wildman–Crippen MR) is 129 cm³/mol. The van der Waals surface area contributed by atoms with E-state index in [0.29, 0.717) is 10.9 Å². The molecule has 1 aromatic carbocycles. The van der Waals surface area contributed by atoms with E-state index in [4.69, 9.17) is 27.7 Å². The van der Waals surface area contributed by atoms with Gasteiger partial charge in [0.25, 0.3) is 5.56 Å². The Morgan fingerprint density at radius 1 is 1.38 bits per heavy atom. The van der Waals surface area contributed by atoms with E-state index in [1.165, 1.54) is 19.1 Å². The van der Waals surface area contributed by atoms with Gasteiger partial charge in [-0.25, -0.2) is 9.36 Å². The van der Waals surface area contributed by atoms with Gasteiger partial charge in [0.05, 0.1) is 27.5 Å². The fourth-order valence-electron chi connectivity index (χ4n) is 3.34. The lowest BCUT2D eigenvalue weighted by atomic mass is 9.95. The molecule has 13 nitrogen and oxygen atoms in total. The number of para-hydroxylation sites is 1. The van der Waals surface area contributed by atoms with E-state index in [0.717, 1.165) is 0 Å². The van der Waals surface area contributed by atoms with Gasteiger partial charge in [0.1, 0.15) is 24.2 Å². The second kappa shape index (κ2) is 11.4. The lowest BCUT2D eigenvalue weighted by molar-refractivity contribution is -0.151. The van der Waals surface area contributed by atoms with Gasteiger partial charge in [0, 0.05) is 0 Å². The molecule has 1 aliphatic heterocycles. The Morgan fingerprint density at radius 2 is 2.05 bits per heavy atom. The zero-order chi connectivity index (χ0) is 29.2. The first-order valence-electron chi connectivity index (χ1n) is 12.1. The third-order valence-corrected chi connectivity index (χ3v) is 7.00. The average molecular weight is 539 g/mol. The number of ether oxygens (including phenoxy) is 2. The van der Waals surface area contributed by atoms with Crippen LogP contribution in [-0.2, 0) is 23.4 Å². The van der Waals surface area contributed by atoms with E-state index >= 15 is 0 Å². The number of aromatic nitrogens is 3. The summed E-state index contributed by atoms with van der Waals surface area (Å²) in [6, 6.07) is 7.61. The average Bonchev–Trinajstić information content (AvgIpc) is 3.10. The van der Waals surface area contributed by atoms with Crippen LogP contribution in [0.4, 0.5) is 0 Å². The molecule has 200 valence electrons. The number of terminal acetylenes is 1. The molecule has 0 amide bonds. The zero-order valence-corrected chi connectivity index (χ0v) is 21.0. The molecule has 3 rings (SSSR count). The monoisotopic (exact) mass is 539 g/mol. The van der Waals surface area contributed by atoms with Gasteiger partial charge in [0.2, 0.25) is 5.60 Å². The summed E-state index contributed by atoms with van der Waals surface area (Å²) in [7, 11) is -4.59. The van der Waals surface area contributed by atoms with Gasteiger partial charge in [-0.3, -0.25) is 19.1 Å². The van der Waals surface area contributed by atoms with Gasteiger partial charge in [-0.05, 0) is 26.0 Å². The smallest absolute Gasteiger partial charge is 0.380 e. The molecule has 0 aliphatic carbocycles. The van der Waals surface area contributed by atoms with Crippen molar-refractivity contribution in [1.82, 2.24) is 14.8 Å². The van der Waals surface area contributed by atoms with Crippen LogP contribution in [0.3, 0.4) is 0 Å². The van der Waals surface area contributed by atoms with E-state index in [9.17, 15) is 29.2 Å². The molecule has 1 aliphatic rings. The van der Waals surface area contributed by atoms with Crippen LogP contribution in [0.1, 0.15) is 29.7 Å². The summed E-state index contributed by atoms with van der Waals surface area (Å²) in [6.07, 6.45) is -1.45. The maximum absolute atomic E-state index is 13.9. The van der Waals surface area contributed by atoms with Crippen molar-refractivity contribution in [3.8, 4) is 18.1 Å². The number of aliphatic hydroxyl groups is 2. The Kier molecular flexibility index (Phi) is 7.83. The highest BCUT2D eigenvalue weighted by molar-refractivity contribution is 7.54. The molecular formula is C23H28N3O10P. The Labute approximate surface area is 214 Å². The molecule has 0 spiro atoms. The molecule has 37 heavy (non-hydrogen) atoms. The number of nitrogens with one attached hydrogen (secondary N) is 1. The molecule has 0 bridgehead atoms. The van der Waals surface area contributed by atoms with Crippen LogP contribution in [0, 0.1) is 18.3 Å². The zero-order valence-electron chi connectivity index (χ0n) is 22.1. The molecule has 0 saturated carbocycles. The molecule has 0 radical (unpaired) electrons. The molecule has 1 aromatic heterocycles. The van der Waals surface area contributed by atoms with Crippen molar-refractivity contribution in [2.24, 2.45) is 5.92 Å². The predicted octanol–water partition coefficient (Wildman–Crippen LogP) is 0.431. The van der Waals surface area contributed by atoms with Crippen LogP contribution in [0.2, 0.25) is 0 Å². The maximum Gasteiger partial charge on any atom is 0.380 e. The van der Waals surface area contributed by atoms with Gasteiger partial charge in [-0.1, -0.05) is 31.0 Å². The van der Waals surface area contributed by atoms with Gasteiger partial charge in [0.15, 0.2) is 6.23 Å². The summed E-state index contributed by atoms with van der Waals surface area (Å²) >= 11 is 0. The second-order valence-electron chi connectivity index (χ2n) is 8.50. The number of carbonyl (C=O) groups excluding carboxylic acids is 1. The van der Waals surface area contributed by atoms with Crippen LogP contribution < -0.4 is 15.8 Å². The summed E-state index contributed by atoms with van der Waals surface area (Å²) in [5, 5.41) is 25.3. The minimum atomic E-state index is -4.59. The van der Waals surface area contributed by atoms with Crippen molar-refractivity contribution in [3.05, 3.63) is 57.4 Å². The molecule has 2 heterocycles. The molecule has 1 unspecified atom stereocenters. The highest BCUT2D eigenvalue weighted by Gasteiger charge is 2.57. The number of aliphatic hydroxyl groups excluding tert-OH is 1. The number of nitrogens with zero attached hydrogens (tertiary/aromatic N) is 2. The van der Waals surface area contributed by atoms with Crippen molar-refractivity contribution >= 4 is 13.6 Å². The lowest BCUT2D eigenvalue weighted by Crippen LogP contribution is -2.49. The van der Waals surface area contributed by atoms with Gasteiger partial charge in [-0.15, -0.1) is 6.42 Å². The Hall–Kier alpha value is -3.27. The third-order valence-electron chi connectivity index (χ3n) is 5.13. The first-order valence-corrected chi connectivity index (χ1v) is 12.8. The summed E-state index contributed by atoms with van der Waals surface area (Å²) in [6.45, 7) is 1.41. The number of H-pyrrole nitrogens is 1. The van der Waals surface area contributed by atoms with Gasteiger partial charge in [-0.2, -0.15) is 9.78 Å². The number of carbonyl (C=O) groups is 1. The van der Waals surface area contributed by atoms with Crippen molar-refractivity contribution < 1.29 is 40.8 Å². The molecular weight excluding hydrogens is 509 g/mol. The Morgan fingerprint density at radius 3 is 2.65 bits per heavy atom. The number of rotatable bonds is 10. The van der Waals surface area contributed by atoms with Crippen LogP contribution in [0.15, 0.2) is 46.1 Å². The number of aromatic amines is 1. The quantitative estimate of drug-likeness (QED) is 0.217. The second-order valence-corrected chi connectivity index (χ2v) is 10.5. The van der Waals surface area contributed by atoms with E-state index < -0.39 is 73.6 Å². The normalized spacial score (nSPS) is 26.9. The minimum Gasteiger partial charge on any atom is -0.463 e. The van der Waals surface area contributed by atoms with Crippen LogP contribution in [0.5, 0.6) is 5.75 Å². The van der Waals surface area contributed by atoms with Crippen LogP contribution >= 0.6 is 7.60 Å². The third kappa shape index (κ3) is 6.54. The topological polar surface area (TPSA) is 179 Å². The summed E-state index contributed by atoms with van der Waals surface area (Å²) in [5.41, 5.74) is -4.79. The largest absolute Gasteiger partial charge is 0.463 e. The molecule has 1 fully saturated rings. The van der Waals surface area contributed by atoms with Crippen molar-refractivity contribution in [2.75, 3.05) is 12.7 Å². The van der Waals surface area contributed by atoms with Crippen molar-refractivity contribution in [2.45, 2.75) is 50.9 Å². The van der Waals surface area contributed by atoms with E-state index in [-0.39, 0.29) is 5.75 Å². The molecule has 6 atom stereocenters. The fourth-order valence-corrected chi connectivity index (χ4v) is 5.06. The highest BCUT2D eigenvalue weighted by atomic mass is 31.2. The van der Waals surface area contributed by atoms with Crippen molar-refractivity contribution in [3.63, 3.8) is 0 Å². The SMILES string of the molecule is [2H]C([2H])(O[P@@](=O)(C[C@@H](C)C(=O)OC(C)C)Oc1ccccc1)[C@H]1O[C@@H](n2ncc(=O)[nH]c2=O)C(O)(C#C)[C@H]1O. The molecule has 14 heteroatoms. The number of hydrogen-bond acceptors (Lipinski definition) is 11. The molecule has 2 aromatic rings. The summed E-state index contributed by atoms with van der Waals surface area (Å²) in [5.74, 6) is 0.0602. The minimum absolute atomic E-state index is 0.0240. The standard InChI is InChI=1S/C23H28N3O10P/c1-5-23(31)19(28)17(35-21(23)26-22(30)25-18(27)11-24-26)12-33-37(32,36-16-9-7-6-8-10-16)13-15(4)20(29)34-14(2)3/h1,6-11,14-15,17,19,21,28,31H,12-13H2,2-4H3,(H,25,27,30)/t15-,17-,19+,21-,23?,37+/m1/s1/i12D2. The Bertz CT molecular complexity index is 1390.